The fraction of sp³-hybridized carbons (Fsp3) is 0.423. The Kier molecular flexibility index (Phi) is 6.21. The number of anilines is 1. The molecule has 164 valence electrons. The first-order chi connectivity index (χ1) is 14.9. The van der Waals surface area contributed by atoms with Gasteiger partial charge in [-0.3, -0.25) is 4.79 Å². The van der Waals surface area contributed by atoms with Gasteiger partial charge >= 0.3 is 0 Å². The molecule has 2 heterocycles. The normalized spacial score (nSPS) is 15.8. The van der Waals surface area contributed by atoms with Crippen molar-refractivity contribution in [2.75, 3.05) is 25.1 Å². The van der Waals surface area contributed by atoms with Gasteiger partial charge in [-0.1, -0.05) is 6.92 Å². The molecule has 0 saturated carbocycles. The largest absolute Gasteiger partial charge is 0.497 e. The Morgan fingerprint density at radius 3 is 2.55 bits per heavy atom. The van der Waals surface area contributed by atoms with Crippen LogP contribution in [-0.2, 0) is 13.5 Å². The molecule has 2 aromatic carbocycles. The number of methoxy groups -OCH3 is 1. The van der Waals surface area contributed by atoms with Crippen LogP contribution < -0.4 is 15.0 Å². The molecule has 1 fully saturated rings. The van der Waals surface area contributed by atoms with Gasteiger partial charge in [-0.15, -0.1) is 0 Å². The van der Waals surface area contributed by atoms with Crippen LogP contribution in [0.1, 0.15) is 42.6 Å². The molecule has 1 aliphatic rings. The van der Waals surface area contributed by atoms with Crippen molar-refractivity contribution in [1.29, 1.82) is 0 Å². The second-order valence-corrected chi connectivity index (χ2v) is 8.94. The number of rotatable bonds is 6. The van der Waals surface area contributed by atoms with Gasteiger partial charge in [0.05, 0.1) is 7.11 Å². The lowest BCUT2D eigenvalue weighted by atomic mass is 9.98. The van der Waals surface area contributed by atoms with E-state index >= 15 is 0 Å². The van der Waals surface area contributed by atoms with Crippen molar-refractivity contribution in [2.45, 2.75) is 39.2 Å². The highest BCUT2D eigenvalue weighted by Gasteiger charge is 2.17. The van der Waals surface area contributed by atoms with E-state index in [1.807, 2.05) is 25.2 Å². The zero-order valence-electron chi connectivity index (χ0n) is 19.0. The minimum absolute atomic E-state index is 0.0209. The van der Waals surface area contributed by atoms with Gasteiger partial charge in [0.25, 0.3) is 5.91 Å². The van der Waals surface area contributed by atoms with Gasteiger partial charge in [-0.2, -0.15) is 0 Å². The average Bonchev–Trinajstić information content (AvgIpc) is 3.08. The second-order valence-electron chi connectivity index (χ2n) is 8.94. The molecular weight excluding hydrogens is 386 g/mol. The first kappa shape index (κ1) is 21.3. The smallest absolute Gasteiger partial charge is 0.251 e. The molecule has 4 rings (SSSR count). The minimum Gasteiger partial charge on any atom is -0.497 e. The van der Waals surface area contributed by atoms with Crippen LogP contribution in [0, 0.1) is 5.92 Å². The van der Waals surface area contributed by atoms with Crippen LogP contribution in [0.4, 0.5) is 5.69 Å². The zero-order valence-corrected chi connectivity index (χ0v) is 19.0. The summed E-state index contributed by atoms with van der Waals surface area (Å²) in [5.41, 5.74) is 4.29. The van der Waals surface area contributed by atoms with E-state index in [2.05, 4.69) is 59.1 Å². The van der Waals surface area contributed by atoms with Crippen LogP contribution in [-0.4, -0.2) is 36.7 Å². The third-order valence-electron chi connectivity index (χ3n) is 6.46. The fourth-order valence-electron chi connectivity index (χ4n) is 4.52. The van der Waals surface area contributed by atoms with E-state index in [9.17, 15) is 4.79 Å². The van der Waals surface area contributed by atoms with E-state index < -0.39 is 0 Å². The predicted octanol–water partition coefficient (Wildman–Crippen LogP) is 4.78. The van der Waals surface area contributed by atoms with E-state index in [1.54, 1.807) is 7.11 Å². The standard InChI is InChI=1S/C26H33N3O2/c1-18-11-13-29(14-12-18)22-7-5-20(6-8-22)26(30)27-19(2)15-21-17-28(3)25-10-9-23(31-4)16-24(21)25/h5-10,16-19H,11-15H2,1-4H3,(H,27,30). The molecule has 1 amide bonds. The Balaban J connectivity index is 1.40. The van der Waals surface area contributed by atoms with Crippen molar-refractivity contribution in [3.63, 3.8) is 0 Å². The minimum atomic E-state index is -0.0240. The van der Waals surface area contributed by atoms with Gasteiger partial charge < -0.3 is 19.5 Å². The van der Waals surface area contributed by atoms with Crippen LogP contribution in [0.5, 0.6) is 5.75 Å². The molecule has 0 spiro atoms. The lowest BCUT2D eigenvalue weighted by Crippen LogP contribution is -2.34. The van der Waals surface area contributed by atoms with E-state index in [1.165, 1.54) is 29.5 Å². The third-order valence-corrected chi connectivity index (χ3v) is 6.46. The molecule has 5 heteroatoms. The van der Waals surface area contributed by atoms with Crippen molar-refractivity contribution in [3.05, 3.63) is 59.8 Å². The van der Waals surface area contributed by atoms with Gasteiger partial charge in [-0.25, -0.2) is 0 Å². The molecule has 1 unspecified atom stereocenters. The zero-order chi connectivity index (χ0) is 22.0. The maximum Gasteiger partial charge on any atom is 0.251 e. The summed E-state index contributed by atoms with van der Waals surface area (Å²) in [7, 11) is 3.73. The highest BCUT2D eigenvalue weighted by Crippen LogP contribution is 2.27. The number of hydrogen-bond donors (Lipinski definition) is 1. The summed E-state index contributed by atoms with van der Waals surface area (Å²) in [6.07, 6.45) is 5.38. The number of fused-ring (bicyclic) bond motifs is 1. The van der Waals surface area contributed by atoms with Crippen LogP contribution in [0.3, 0.4) is 0 Å². The van der Waals surface area contributed by atoms with E-state index in [-0.39, 0.29) is 11.9 Å². The summed E-state index contributed by atoms with van der Waals surface area (Å²) >= 11 is 0. The maximum absolute atomic E-state index is 12.8. The third kappa shape index (κ3) is 4.71. The Morgan fingerprint density at radius 1 is 1.16 bits per heavy atom. The van der Waals surface area contributed by atoms with Crippen molar-refractivity contribution >= 4 is 22.5 Å². The first-order valence-corrected chi connectivity index (χ1v) is 11.2. The number of amides is 1. The number of nitrogens with zero attached hydrogens (tertiary/aromatic N) is 2. The predicted molar refractivity (Wildman–Crippen MR) is 127 cm³/mol. The molecule has 1 aliphatic heterocycles. The average molecular weight is 420 g/mol. The summed E-state index contributed by atoms with van der Waals surface area (Å²) in [6, 6.07) is 14.2. The fourth-order valence-corrected chi connectivity index (χ4v) is 4.52. The van der Waals surface area contributed by atoms with E-state index in [4.69, 9.17) is 4.74 Å². The second kappa shape index (κ2) is 9.04. The quantitative estimate of drug-likeness (QED) is 0.625. The molecule has 1 aromatic heterocycles. The van der Waals surface area contributed by atoms with Crippen molar-refractivity contribution in [3.8, 4) is 5.75 Å². The number of benzene rings is 2. The molecule has 3 aromatic rings. The highest BCUT2D eigenvalue weighted by molar-refractivity contribution is 5.94. The molecule has 0 bridgehead atoms. The van der Waals surface area contributed by atoms with Gasteiger partial charge in [0, 0.05) is 54.5 Å². The van der Waals surface area contributed by atoms with Gasteiger partial charge in [-0.05, 0) is 80.1 Å². The summed E-state index contributed by atoms with van der Waals surface area (Å²) < 4.78 is 7.51. The topological polar surface area (TPSA) is 46.5 Å². The Hall–Kier alpha value is -2.95. The number of aryl methyl sites for hydroxylation is 1. The van der Waals surface area contributed by atoms with Crippen molar-refractivity contribution in [2.24, 2.45) is 13.0 Å². The lowest BCUT2D eigenvalue weighted by molar-refractivity contribution is 0.0940. The number of carbonyl (C=O) groups is 1. The molecule has 1 saturated heterocycles. The Labute approximate surface area is 185 Å². The number of ether oxygens (including phenoxy) is 1. The van der Waals surface area contributed by atoms with E-state index in [0.29, 0.717) is 5.56 Å². The van der Waals surface area contributed by atoms with Crippen molar-refractivity contribution in [1.82, 2.24) is 9.88 Å². The number of nitrogens with one attached hydrogen (secondary N) is 1. The number of piperidine rings is 1. The molecule has 1 atom stereocenters. The van der Waals surface area contributed by atoms with Gasteiger partial charge in [0.2, 0.25) is 0 Å². The maximum atomic E-state index is 12.8. The summed E-state index contributed by atoms with van der Waals surface area (Å²) in [5.74, 6) is 1.63. The van der Waals surface area contributed by atoms with Crippen LogP contribution in [0.25, 0.3) is 10.9 Å². The van der Waals surface area contributed by atoms with Gasteiger partial charge in [0.15, 0.2) is 0 Å². The molecular formula is C26H33N3O2. The summed E-state index contributed by atoms with van der Waals surface area (Å²) in [6.45, 7) is 6.57. The lowest BCUT2D eigenvalue weighted by Gasteiger charge is -2.32. The van der Waals surface area contributed by atoms with Crippen molar-refractivity contribution < 1.29 is 9.53 Å². The molecule has 1 N–H and O–H groups in total. The number of hydrogen-bond acceptors (Lipinski definition) is 3. The molecule has 0 radical (unpaired) electrons. The van der Waals surface area contributed by atoms with Crippen LogP contribution >= 0.6 is 0 Å². The number of aromatic nitrogens is 1. The Morgan fingerprint density at radius 2 is 1.87 bits per heavy atom. The monoisotopic (exact) mass is 419 g/mol. The number of carbonyl (C=O) groups excluding carboxylic acids is 1. The Bertz CT molecular complexity index is 1050. The summed E-state index contributed by atoms with van der Waals surface area (Å²) in [4.78, 5) is 15.2. The van der Waals surface area contributed by atoms with E-state index in [0.717, 1.165) is 36.7 Å². The molecule has 5 nitrogen and oxygen atoms in total. The molecule has 31 heavy (non-hydrogen) atoms. The highest BCUT2D eigenvalue weighted by atomic mass is 16.5. The van der Waals surface area contributed by atoms with Gasteiger partial charge in [0.1, 0.15) is 5.75 Å². The molecule has 0 aliphatic carbocycles. The van der Waals surface area contributed by atoms with Crippen LogP contribution in [0.2, 0.25) is 0 Å². The first-order valence-electron chi connectivity index (χ1n) is 11.2. The summed E-state index contributed by atoms with van der Waals surface area (Å²) in [5, 5.41) is 4.33. The SMILES string of the molecule is COc1ccc2c(c1)c(CC(C)NC(=O)c1ccc(N3CCC(C)CC3)cc1)cn2C. The van der Waals surface area contributed by atoms with Crippen LogP contribution in [0.15, 0.2) is 48.7 Å².